The van der Waals surface area contributed by atoms with E-state index in [9.17, 15) is 8.42 Å². The van der Waals surface area contributed by atoms with Gasteiger partial charge in [-0.2, -0.15) is 5.26 Å². The maximum atomic E-state index is 12.3. The molecule has 0 aliphatic heterocycles. The highest BCUT2D eigenvalue weighted by Crippen LogP contribution is 2.19. The summed E-state index contributed by atoms with van der Waals surface area (Å²) in [6.45, 7) is 0. The summed E-state index contributed by atoms with van der Waals surface area (Å²) in [5.74, 6) is 0.738. The molecule has 0 unspecified atom stereocenters. The van der Waals surface area contributed by atoms with Gasteiger partial charge in [-0.05, 0) is 35.9 Å². The maximum Gasteiger partial charge on any atom is 0.216 e. The largest absolute Gasteiger partial charge is 0.497 e. The molecule has 0 N–H and O–H groups in total. The molecular formula is C18H15NO3S. The minimum Gasteiger partial charge on any atom is -0.497 e. The van der Waals surface area contributed by atoms with Crippen LogP contribution in [-0.4, -0.2) is 15.5 Å². The zero-order valence-electron chi connectivity index (χ0n) is 12.5. The molecule has 0 amide bonds. The summed E-state index contributed by atoms with van der Waals surface area (Å²) in [4.78, 5) is -0.195. The van der Waals surface area contributed by atoms with Crippen molar-refractivity contribution in [2.45, 2.75) is 4.90 Å². The Hall–Kier alpha value is -2.84. The van der Waals surface area contributed by atoms with E-state index in [0.29, 0.717) is 0 Å². The molecule has 5 heteroatoms. The lowest BCUT2D eigenvalue weighted by molar-refractivity contribution is 0.415. The van der Waals surface area contributed by atoms with Crippen LogP contribution < -0.4 is 4.74 Å². The number of allylic oxidation sites excluding steroid dienone is 3. The number of hydrogen-bond acceptors (Lipinski definition) is 4. The second-order valence-corrected chi connectivity index (χ2v) is 6.51. The molecule has 0 atom stereocenters. The van der Waals surface area contributed by atoms with E-state index in [1.54, 1.807) is 55.7 Å². The standard InChI is InChI=1S/C18H15NO3S/c1-22-16-12-10-15(11-13-16)6-5-9-18(14-19)23(20,21)17-7-3-2-4-8-17/h2-13H,1H3/b6-5+,18-9+. The first-order valence-electron chi connectivity index (χ1n) is 6.80. The van der Waals surface area contributed by atoms with Crippen molar-refractivity contribution in [3.8, 4) is 11.8 Å². The molecule has 0 aliphatic carbocycles. The van der Waals surface area contributed by atoms with Crippen molar-refractivity contribution in [2.75, 3.05) is 7.11 Å². The molecular weight excluding hydrogens is 310 g/mol. The van der Waals surface area contributed by atoms with Crippen molar-refractivity contribution in [1.82, 2.24) is 0 Å². The van der Waals surface area contributed by atoms with Crippen LogP contribution in [0.4, 0.5) is 0 Å². The lowest BCUT2D eigenvalue weighted by Gasteiger charge is -2.01. The first-order chi connectivity index (χ1) is 11.1. The Bertz CT molecular complexity index is 859. The van der Waals surface area contributed by atoms with Gasteiger partial charge in [0.2, 0.25) is 9.84 Å². The Balaban J connectivity index is 2.25. The first-order valence-corrected chi connectivity index (χ1v) is 8.29. The van der Waals surface area contributed by atoms with Crippen molar-refractivity contribution in [3.05, 3.63) is 77.2 Å². The van der Waals surface area contributed by atoms with Crippen LogP contribution in [0, 0.1) is 11.3 Å². The zero-order valence-corrected chi connectivity index (χ0v) is 13.3. The van der Waals surface area contributed by atoms with Gasteiger partial charge in [-0.3, -0.25) is 0 Å². The Kier molecular flexibility index (Phi) is 5.34. The normalized spacial score (nSPS) is 12.1. The number of nitriles is 1. The van der Waals surface area contributed by atoms with Crippen LogP contribution in [0.15, 0.2) is 76.5 Å². The molecule has 116 valence electrons. The molecule has 2 aromatic carbocycles. The maximum absolute atomic E-state index is 12.3. The second-order valence-electron chi connectivity index (χ2n) is 4.59. The highest BCUT2D eigenvalue weighted by atomic mass is 32.2. The molecule has 0 fully saturated rings. The van der Waals surface area contributed by atoms with E-state index < -0.39 is 9.84 Å². The van der Waals surface area contributed by atoms with Crippen LogP contribution in [-0.2, 0) is 9.84 Å². The summed E-state index contributed by atoms with van der Waals surface area (Å²) in [6.07, 6.45) is 4.56. The van der Waals surface area contributed by atoms with Gasteiger partial charge >= 0.3 is 0 Å². The smallest absolute Gasteiger partial charge is 0.216 e. The lowest BCUT2D eigenvalue weighted by atomic mass is 10.2. The first kappa shape index (κ1) is 16.5. The molecule has 0 aliphatic rings. The molecule has 4 nitrogen and oxygen atoms in total. The van der Waals surface area contributed by atoms with Crippen molar-refractivity contribution in [3.63, 3.8) is 0 Å². The van der Waals surface area contributed by atoms with Gasteiger partial charge in [0, 0.05) is 0 Å². The van der Waals surface area contributed by atoms with Gasteiger partial charge < -0.3 is 4.74 Å². The van der Waals surface area contributed by atoms with E-state index >= 15 is 0 Å². The molecule has 0 spiro atoms. The van der Waals surface area contributed by atoms with Crippen molar-refractivity contribution in [1.29, 1.82) is 5.26 Å². The van der Waals surface area contributed by atoms with Gasteiger partial charge in [0.1, 0.15) is 16.7 Å². The van der Waals surface area contributed by atoms with Crippen molar-refractivity contribution >= 4 is 15.9 Å². The Morgan fingerprint density at radius 3 is 2.30 bits per heavy atom. The summed E-state index contributed by atoms with van der Waals surface area (Å²) < 4.78 is 29.8. The Labute approximate surface area is 135 Å². The van der Waals surface area contributed by atoms with Crippen LogP contribution in [0.5, 0.6) is 5.75 Å². The SMILES string of the molecule is COc1ccc(/C=C/C=C(\C#N)S(=O)(=O)c2ccccc2)cc1. The van der Waals surface area contributed by atoms with E-state index in [-0.39, 0.29) is 9.80 Å². The Morgan fingerprint density at radius 2 is 1.74 bits per heavy atom. The zero-order chi connectivity index (χ0) is 16.7. The van der Waals surface area contributed by atoms with E-state index in [4.69, 9.17) is 10.00 Å². The summed E-state index contributed by atoms with van der Waals surface area (Å²) in [7, 11) is -2.20. The minimum atomic E-state index is -3.79. The number of methoxy groups -OCH3 is 1. The molecule has 0 saturated carbocycles. The number of hydrogen-bond donors (Lipinski definition) is 0. The molecule has 2 aromatic rings. The van der Waals surface area contributed by atoms with Gasteiger partial charge in [-0.1, -0.05) is 42.5 Å². The molecule has 0 heterocycles. The van der Waals surface area contributed by atoms with E-state index in [2.05, 4.69) is 0 Å². The van der Waals surface area contributed by atoms with Crippen LogP contribution in [0.3, 0.4) is 0 Å². The van der Waals surface area contributed by atoms with Crippen LogP contribution in [0.25, 0.3) is 6.08 Å². The number of benzene rings is 2. The minimum absolute atomic E-state index is 0.102. The summed E-state index contributed by atoms with van der Waals surface area (Å²) >= 11 is 0. The third kappa shape index (κ3) is 4.09. The predicted octanol–water partition coefficient (Wildman–Crippen LogP) is 3.59. The number of rotatable bonds is 5. The number of sulfone groups is 1. The average molecular weight is 325 g/mol. The third-order valence-corrected chi connectivity index (χ3v) is 4.80. The molecule has 0 saturated heterocycles. The van der Waals surface area contributed by atoms with Gasteiger partial charge in [-0.25, -0.2) is 8.42 Å². The molecule has 0 radical (unpaired) electrons. The summed E-state index contributed by atoms with van der Waals surface area (Å²) in [5.41, 5.74) is 0.872. The Morgan fingerprint density at radius 1 is 1.09 bits per heavy atom. The third-order valence-electron chi connectivity index (χ3n) is 3.11. The monoisotopic (exact) mass is 325 g/mol. The van der Waals surface area contributed by atoms with Gasteiger partial charge in [0.05, 0.1) is 12.0 Å². The topological polar surface area (TPSA) is 67.2 Å². The van der Waals surface area contributed by atoms with Gasteiger partial charge in [0.25, 0.3) is 0 Å². The highest BCUT2D eigenvalue weighted by Gasteiger charge is 2.19. The van der Waals surface area contributed by atoms with Crippen molar-refractivity contribution in [2.24, 2.45) is 0 Å². The van der Waals surface area contributed by atoms with E-state index in [0.717, 1.165) is 11.3 Å². The second kappa shape index (κ2) is 7.43. The van der Waals surface area contributed by atoms with Gasteiger partial charge in [-0.15, -0.1) is 0 Å². The predicted molar refractivity (Wildman–Crippen MR) is 89.4 cm³/mol. The average Bonchev–Trinajstić information content (AvgIpc) is 2.60. The summed E-state index contributed by atoms with van der Waals surface area (Å²) in [6, 6.07) is 16.9. The summed E-state index contributed by atoms with van der Waals surface area (Å²) in [5, 5.41) is 9.14. The van der Waals surface area contributed by atoms with E-state index in [1.807, 2.05) is 12.1 Å². The van der Waals surface area contributed by atoms with Crippen LogP contribution in [0.1, 0.15) is 5.56 Å². The van der Waals surface area contributed by atoms with E-state index in [1.165, 1.54) is 18.2 Å². The fraction of sp³-hybridized carbons (Fsp3) is 0.0556. The number of ether oxygens (including phenoxy) is 1. The van der Waals surface area contributed by atoms with Gasteiger partial charge in [0.15, 0.2) is 0 Å². The fourth-order valence-corrected chi connectivity index (χ4v) is 3.02. The molecule has 2 rings (SSSR count). The molecule has 0 aromatic heterocycles. The molecule has 0 bridgehead atoms. The quantitative estimate of drug-likeness (QED) is 0.622. The van der Waals surface area contributed by atoms with Crippen LogP contribution in [0.2, 0.25) is 0 Å². The fourth-order valence-electron chi connectivity index (χ4n) is 1.88. The van der Waals surface area contributed by atoms with Crippen LogP contribution >= 0.6 is 0 Å². The van der Waals surface area contributed by atoms with Crippen molar-refractivity contribution < 1.29 is 13.2 Å². The number of nitrogens with zero attached hydrogens (tertiary/aromatic N) is 1. The molecule has 23 heavy (non-hydrogen) atoms. The lowest BCUT2D eigenvalue weighted by Crippen LogP contribution is -2.02. The highest BCUT2D eigenvalue weighted by molar-refractivity contribution is 7.95.